The van der Waals surface area contributed by atoms with E-state index in [0.717, 1.165) is 12.8 Å². The molecule has 1 aliphatic carbocycles. The zero-order valence-electron chi connectivity index (χ0n) is 14.9. The van der Waals surface area contributed by atoms with Crippen molar-refractivity contribution in [2.24, 2.45) is 4.40 Å². The molecule has 0 unspecified atom stereocenters. The topological polar surface area (TPSA) is 35.4 Å². The van der Waals surface area contributed by atoms with E-state index < -0.39 is 11.4 Å². The van der Waals surface area contributed by atoms with E-state index >= 15 is 0 Å². The molecular weight excluding hydrogens is 314 g/mol. The largest absolute Gasteiger partial charge is 0.591 e. The molecule has 0 spiro atoms. The Morgan fingerprint density at radius 2 is 1.67 bits per heavy atom. The van der Waals surface area contributed by atoms with Crippen molar-refractivity contribution in [3.8, 4) is 0 Å². The molecule has 1 aliphatic rings. The normalized spacial score (nSPS) is 19.7. The average Bonchev–Trinajstić information content (AvgIpc) is 2.59. The quantitative estimate of drug-likeness (QED) is 0.530. The smallest absolute Gasteiger partial charge is 0.144 e. The third kappa shape index (κ3) is 3.68. The van der Waals surface area contributed by atoms with Gasteiger partial charge in [0.1, 0.15) is 16.1 Å². The van der Waals surface area contributed by atoms with Crippen molar-refractivity contribution in [1.82, 2.24) is 0 Å². The van der Waals surface area contributed by atoms with Crippen LogP contribution in [0.2, 0.25) is 0 Å². The summed E-state index contributed by atoms with van der Waals surface area (Å²) < 4.78 is 16.6. The van der Waals surface area contributed by atoms with Gasteiger partial charge in [-0.25, -0.2) is 0 Å². The molecule has 0 saturated heterocycles. The maximum absolute atomic E-state index is 12.4. The number of nitrogens with zero attached hydrogens (tertiary/aromatic N) is 1. The van der Waals surface area contributed by atoms with Gasteiger partial charge in [-0.1, -0.05) is 66.1 Å². The van der Waals surface area contributed by atoms with Gasteiger partial charge >= 0.3 is 0 Å². The summed E-state index contributed by atoms with van der Waals surface area (Å²) >= 11 is -1.20. The van der Waals surface area contributed by atoms with Crippen LogP contribution in [-0.2, 0) is 16.8 Å². The van der Waals surface area contributed by atoms with Gasteiger partial charge in [0, 0.05) is 5.41 Å². The lowest BCUT2D eigenvalue weighted by Gasteiger charge is -2.34. The van der Waals surface area contributed by atoms with E-state index in [0.29, 0.717) is 0 Å². The molecule has 2 nitrogen and oxygen atoms in total. The molecule has 0 heterocycles. The predicted molar refractivity (Wildman–Crippen MR) is 105 cm³/mol. The van der Waals surface area contributed by atoms with Crippen molar-refractivity contribution in [2.45, 2.75) is 63.0 Å². The second-order valence-corrected chi connectivity index (χ2v) is 9.81. The zero-order valence-corrected chi connectivity index (χ0v) is 15.7. The highest BCUT2D eigenvalue weighted by atomic mass is 32.2. The fourth-order valence-electron chi connectivity index (χ4n) is 3.48. The Balaban J connectivity index is 1.99. The summed E-state index contributed by atoms with van der Waals surface area (Å²) in [6, 6.07) is 15.2. The number of rotatable bonds is 3. The van der Waals surface area contributed by atoms with E-state index in [2.05, 4.69) is 46.9 Å². The molecule has 1 atom stereocenters. The van der Waals surface area contributed by atoms with Crippen LogP contribution in [0.4, 0.5) is 0 Å². The van der Waals surface area contributed by atoms with Gasteiger partial charge in [0.15, 0.2) is 0 Å². The van der Waals surface area contributed by atoms with Crippen LogP contribution in [0.1, 0.15) is 58.4 Å². The molecule has 1 saturated carbocycles. The fourth-order valence-corrected chi connectivity index (χ4v) is 4.09. The van der Waals surface area contributed by atoms with E-state index in [1.54, 1.807) is 0 Å². The molecule has 2 aromatic carbocycles. The molecule has 0 aliphatic heterocycles. The first-order valence-electron chi connectivity index (χ1n) is 8.87. The van der Waals surface area contributed by atoms with Gasteiger partial charge in [0.25, 0.3) is 0 Å². The van der Waals surface area contributed by atoms with Crippen molar-refractivity contribution in [2.75, 3.05) is 0 Å². The van der Waals surface area contributed by atoms with Crippen molar-refractivity contribution in [3.05, 3.63) is 48.0 Å². The lowest BCUT2D eigenvalue weighted by Crippen LogP contribution is -2.33. The van der Waals surface area contributed by atoms with Gasteiger partial charge in [-0.05, 0) is 49.9 Å². The maximum atomic E-state index is 12.4. The number of fused-ring (bicyclic) bond motifs is 1. The molecule has 0 N–H and O–H groups in total. The summed E-state index contributed by atoms with van der Waals surface area (Å²) in [6.45, 7) is 5.93. The lowest BCUT2D eigenvalue weighted by molar-refractivity contribution is 0.387. The Labute approximate surface area is 148 Å². The van der Waals surface area contributed by atoms with Crippen LogP contribution in [0.15, 0.2) is 46.9 Å². The first-order valence-corrected chi connectivity index (χ1v) is 9.98. The third-order valence-electron chi connectivity index (χ3n) is 4.99. The SMILES string of the molecule is CC(C)(C)[S@@+]([O-])/N=C/C1(c2ccc3ccccc3c2)CCCCC1. The first kappa shape index (κ1) is 17.5. The second kappa shape index (κ2) is 6.89. The molecular formula is C21H27NOS. The van der Waals surface area contributed by atoms with E-state index in [1.807, 2.05) is 27.0 Å². The molecule has 2 aromatic rings. The van der Waals surface area contributed by atoms with E-state index in [4.69, 9.17) is 0 Å². The summed E-state index contributed by atoms with van der Waals surface area (Å²) in [5.74, 6) is 0. The van der Waals surface area contributed by atoms with Crippen LogP contribution in [-0.4, -0.2) is 15.5 Å². The van der Waals surface area contributed by atoms with Crippen LogP contribution >= 0.6 is 0 Å². The lowest BCUT2D eigenvalue weighted by atomic mass is 9.70. The van der Waals surface area contributed by atoms with Gasteiger partial charge in [-0.15, -0.1) is 0 Å². The molecule has 3 rings (SSSR count). The predicted octanol–water partition coefficient (Wildman–Crippen LogP) is 5.57. The Hall–Kier alpha value is -1.32. The monoisotopic (exact) mass is 341 g/mol. The Kier molecular flexibility index (Phi) is 5.03. The Morgan fingerprint density at radius 1 is 1.00 bits per heavy atom. The highest BCUT2D eigenvalue weighted by molar-refractivity contribution is 7.91. The summed E-state index contributed by atoms with van der Waals surface area (Å²) in [7, 11) is 0. The van der Waals surface area contributed by atoms with E-state index in [9.17, 15) is 4.55 Å². The van der Waals surface area contributed by atoms with Gasteiger partial charge in [0.2, 0.25) is 0 Å². The minimum Gasteiger partial charge on any atom is -0.591 e. The Morgan fingerprint density at radius 3 is 2.33 bits per heavy atom. The summed E-state index contributed by atoms with van der Waals surface area (Å²) in [5.41, 5.74) is 1.25. The first-order chi connectivity index (χ1) is 11.4. The van der Waals surface area contributed by atoms with Crippen molar-refractivity contribution in [3.63, 3.8) is 0 Å². The van der Waals surface area contributed by atoms with Crippen molar-refractivity contribution >= 4 is 28.3 Å². The summed E-state index contributed by atoms with van der Waals surface area (Å²) in [4.78, 5) is 0. The highest BCUT2D eigenvalue weighted by Gasteiger charge is 2.35. The molecule has 3 heteroatoms. The van der Waals surface area contributed by atoms with Crippen molar-refractivity contribution < 1.29 is 4.55 Å². The summed E-state index contributed by atoms with van der Waals surface area (Å²) in [5, 5.41) is 2.53. The van der Waals surface area contributed by atoms with E-state index in [-0.39, 0.29) is 10.2 Å². The van der Waals surface area contributed by atoms with Crippen LogP contribution in [0.5, 0.6) is 0 Å². The standard InChI is InChI=1S/C21H27NOS/c1-20(2,3)24(23)22-16-21(13-7-4-8-14-21)19-12-11-17-9-5-6-10-18(17)15-19/h5-6,9-12,15-16H,4,7-8,13-14H2,1-3H3/b22-16+/t24-/m1/s1. The molecule has 24 heavy (non-hydrogen) atoms. The van der Waals surface area contributed by atoms with Crippen LogP contribution < -0.4 is 0 Å². The fraction of sp³-hybridized carbons (Fsp3) is 0.476. The number of hydrogen-bond acceptors (Lipinski definition) is 2. The average molecular weight is 342 g/mol. The minimum atomic E-state index is -1.20. The minimum absolute atomic E-state index is 0.0663. The molecule has 0 amide bonds. The second-order valence-electron chi connectivity index (χ2n) is 7.87. The highest BCUT2D eigenvalue weighted by Crippen LogP contribution is 2.39. The number of hydrogen-bond donors (Lipinski definition) is 0. The van der Waals surface area contributed by atoms with Crippen LogP contribution in [0.25, 0.3) is 10.8 Å². The van der Waals surface area contributed by atoms with E-state index in [1.165, 1.54) is 35.6 Å². The van der Waals surface area contributed by atoms with Gasteiger partial charge in [-0.2, -0.15) is 0 Å². The molecule has 1 fully saturated rings. The molecule has 128 valence electrons. The zero-order chi connectivity index (χ0) is 17.2. The van der Waals surface area contributed by atoms with Crippen LogP contribution in [0.3, 0.4) is 0 Å². The van der Waals surface area contributed by atoms with Gasteiger partial charge in [0.05, 0.1) is 6.21 Å². The third-order valence-corrected chi connectivity index (χ3v) is 6.33. The maximum Gasteiger partial charge on any atom is 0.144 e. The van der Waals surface area contributed by atoms with Gasteiger partial charge in [-0.3, -0.25) is 0 Å². The summed E-state index contributed by atoms with van der Waals surface area (Å²) in [6.07, 6.45) is 7.90. The van der Waals surface area contributed by atoms with Crippen molar-refractivity contribution in [1.29, 1.82) is 0 Å². The number of benzene rings is 2. The Bertz CT molecular complexity index is 726. The molecule has 0 bridgehead atoms. The van der Waals surface area contributed by atoms with Crippen LogP contribution in [0, 0.1) is 0 Å². The molecule has 0 aromatic heterocycles. The van der Waals surface area contributed by atoms with Gasteiger partial charge < -0.3 is 4.55 Å². The molecule has 0 radical (unpaired) electrons.